The third-order valence-electron chi connectivity index (χ3n) is 3.08. The van der Waals surface area contributed by atoms with E-state index in [0.29, 0.717) is 6.10 Å². The van der Waals surface area contributed by atoms with Gasteiger partial charge in [-0.25, -0.2) is 0 Å². The Labute approximate surface area is 81.0 Å². The number of hydrogen-bond donors (Lipinski definition) is 1. The fourth-order valence-electron chi connectivity index (χ4n) is 2.03. The molecule has 0 amide bonds. The molecule has 0 aromatic rings. The minimum Gasteiger partial charge on any atom is -0.377 e. The van der Waals surface area contributed by atoms with Crippen molar-refractivity contribution in [1.82, 2.24) is 5.32 Å². The van der Waals surface area contributed by atoms with Gasteiger partial charge in [0.1, 0.15) is 0 Å². The Bertz CT molecular complexity index is 156. The number of ether oxygens (including phenoxy) is 1. The highest BCUT2D eigenvalue weighted by molar-refractivity contribution is 4.83. The van der Waals surface area contributed by atoms with Crippen LogP contribution in [0.3, 0.4) is 0 Å². The van der Waals surface area contributed by atoms with Crippen molar-refractivity contribution in [3.8, 4) is 0 Å². The molecule has 2 rings (SSSR count). The summed E-state index contributed by atoms with van der Waals surface area (Å²) in [6.07, 6.45) is 7.14. The SMILES string of the molecule is CCC[C@@H]1C[C@@H](OCC2CC2)CN1. The van der Waals surface area contributed by atoms with Gasteiger partial charge in [-0.3, -0.25) is 0 Å². The van der Waals surface area contributed by atoms with Crippen LogP contribution in [0, 0.1) is 5.92 Å². The van der Waals surface area contributed by atoms with E-state index in [1.807, 2.05) is 0 Å². The highest BCUT2D eigenvalue weighted by atomic mass is 16.5. The van der Waals surface area contributed by atoms with Crippen LogP contribution in [0.4, 0.5) is 0 Å². The van der Waals surface area contributed by atoms with Crippen LogP contribution in [-0.4, -0.2) is 25.3 Å². The largest absolute Gasteiger partial charge is 0.377 e. The molecule has 2 nitrogen and oxygen atoms in total. The zero-order valence-corrected chi connectivity index (χ0v) is 8.59. The van der Waals surface area contributed by atoms with Crippen molar-refractivity contribution in [2.75, 3.05) is 13.2 Å². The maximum Gasteiger partial charge on any atom is 0.0714 e. The smallest absolute Gasteiger partial charge is 0.0714 e. The van der Waals surface area contributed by atoms with Crippen LogP contribution in [0.2, 0.25) is 0 Å². The van der Waals surface area contributed by atoms with Gasteiger partial charge in [-0.1, -0.05) is 13.3 Å². The van der Waals surface area contributed by atoms with Crippen molar-refractivity contribution < 1.29 is 4.74 Å². The summed E-state index contributed by atoms with van der Waals surface area (Å²) in [5, 5.41) is 3.53. The lowest BCUT2D eigenvalue weighted by Crippen LogP contribution is -2.21. The van der Waals surface area contributed by atoms with Crippen molar-refractivity contribution in [3.05, 3.63) is 0 Å². The molecule has 76 valence electrons. The van der Waals surface area contributed by atoms with Crippen LogP contribution in [0.25, 0.3) is 0 Å². The molecule has 0 spiro atoms. The van der Waals surface area contributed by atoms with Crippen molar-refractivity contribution in [3.63, 3.8) is 0 Å². The monoisotopic (exact) mass is 183 g/mol. The molecule has 1 heterocycles. The molecule has 1 aliphatic heterocycles. The van der Waals surface area contributed by atoms with E-state index >= 15 is 0 Å². The summed E-state index contributed by atoms with van der Waals surface area (Å²) in [5.41, 5.74) is 0. The van der Waals surface area contributed by atoms with Crippen molar-refractivity contribution in [2.24, 2.45) is 5.92 Å². The molecule has 1 N–H and O–H groups in total. The van der Waals surface area contributed by atoms with E-state index in [4.69, 9.17) is 4.74 Å². The first-order valence-corrected chi connectivity index (χ1v) is 5.73. The van der Waals surface area contributed by atoms with Crippen LogP contribution in [0.15, 0.2) is 0 Å². The zero-order chi connectivity index (χ0) is 9.10. The summed E-state index contributed by atoms with van der Waals surface area (Å²) in [6, 6.07) is 0.731. The van der Waals surface area contributed by atoms with E-state index < -0.39 is 0 Å². The van der Waals surface area contributed by atoms with E-state index in [0.717, 1.165) is 25.1 Å². The molecule has 13 heavy (non-hydrogen) atoms. The molecule has 0 aromatic carbocycles. The topological polar surface area (TPSA) is 21.3 Å². The molecule has 0 unspecified atom stereocenters. The van der Waals surface area contributed by atoms with Crippen LogP contribution in [0.5, 0.6) is 0 Å². The summed E-state index contributed by atoms with van der Waals surface area (Å²) in [4.78, 5) is 0. The third-order valence-corrected chi connectivity index (χ3v) is 3.08. The second kappa shape index (κ2) is 4.43. The zero-order valence-electron chi connectivity index (χ0n) is 8.59. The van der Waals surface area contributed by atoms with Crippen LogP contribution in [0.1, 0.15) is 39.0 Å². The minimum absolute atomic E-state index is 0.511. The van der Waals surface area contributed by atoms with Gasteiger partial charge in [-0.15, -0.1) is 0 Å². The second-order valence-electron chi connectivity index (χ2n) is 4.53. The quantitative estimate of drug-likeness (QED) is 0.703. The van der Waals surface area contributed by atoms with Gasteiger partial charge in [0.2, 0.25) is 0 Å². The molecule has 1 saturated carbocycles. The fraction of sp³-hybridized carbons (Fsp3) is 1.00. The first kappa shape index (κ1) is 9.47. The van der Waals surface area contributed by atoms with Gasteiger partial charge in [-0.05, 0) is 31.6 Å². The molecule has 0 radical (unpaired) electrons. The number of hydrogen-bond acceptors (Lipinski definition) is 2. The second-order valence-corrected chi connectivity index (χ2v) is 4.53. The molecule has 1 saturated heterocycles. The molecule has 2 atom stereocenters. The van der Waals surface area contributed by atoms with E-state index in [1.54, 1.807) is 0 Å². The maximum absolute atomic E-state index is 5.84. The molecule has 1 aliphatic carbocycles. The van der Waals surface area contributed by atoms with Gasteiger partial charge < -0.3 is 10.1 Å². The van der Waals surface area contributed by atoms with Crippen LogP contribution in [-0.2, 0) is 4.74 Å². The number of rotatable bonds is 5. The van der Waals surface area contributed by atoms with Gasteiger partial charge in [-0.2, -0.15) is 0 Å². The molecule has 2 heteroatoms. The Morgan fingerprint density at radius 3 is 2.92 bits per heavy atom. The average Bonchev–Trinajstić information content (AvgIpc) is 2.85. The van der Waals surface area contributed by atoms with Crippen molar-refractivity contribution in [2.45, 2.75) is 51.2 Å². The summed E-state index contributed by atoms with van der Waals surface area (Å²) in [7, 11) is 0. The normalized spacial score (nSPS) is 33.9. The van der Waals surface area contributed by atoms with Crippen LogP contribution < -0.4 is 5.32 Å². The Balaban J connectivity index is 1.59. The van der Waals surface area contributed by atoms with E-state index in [1.165, 1.54) is 32.1 Å². The predicted octanol–water partition coefficient (Wildman–Crippen LogP) is 1.94. The highest BCUT2D eigenvalue weighted by Gasteiger charge is 2.27. The van der Waals surface area contributed by atoms with Gasteiger partial charge in [0.15, 0.2) is 0 Å². The van der Waals surface area contributed by atoms with Gasteiger partial charge in [0.25, 0.3) is 0 Å². The van der Waals surface area contributed by atoms with E-state index in [9.17, 15) is 0 Å². The first-order chi connectivity index (χ1) is 6.38. The Morgan fingerprint density at radius 2 is 2.23 bits per heavy atom. The molecule has 0 aromatic heterocycles. The summed E-state index contributed by atoms with van der Waals surface area (Å²) >= 11 is 0. The lowest BCUT2D eigenvalue weighted by atomic mass is 10.1. The Kier molecular flexibility index (Phi) is 3.23. The fourth-order valence-corrected chi connectivity index (χ4v) is 2.03. The molecule has 2 fully saturated rings. The van der Waals surface area contributed by atoms with Crippen molar-refractivity contribution >= 4 is 0 Å². The summed E-state index contributed by atoms with van der Waals surface area (Å²) in [5.74, 6) is 0.908. The van der Waals surface area contributed by atoms with Gasteiger partial charge >= 0.3 is 0 Å². The average molecular weight is 183 g/mol. The standard InChI is InChI=1S/C11H21NO/c1-2-3-10-6-11(7-12-10)13-8-9-4-5-9/h9-12H,2-8H2,1H3/t10-,11-/m1/s1. The maximum atomic E-state index is 5.84. The van der Waals surface area contributed by atoms with Crippen molar-refractivity contribution in [1.29, 1.82) is 0 Å². The first-order valence-electron chi connectivity index (χ1n) is 5.73. The third kappa shape index (κ3) is 2.96. The van der Waals surface area contributed by atoms with Gasteiger partial charge in [0.05, 0.1) is 6.10 Å². The van der Waals surface area contributed by atoms with E-state index in [2.05, 4.69) is 12.2 Å². The molecular weight excluding hydrogens is 162 g/mol. The Hall–Kier alpha value is -0.0800. The summed E-state index contributed by atoms with van der Waals surface area (Å²) in [6.45, 7) is 4.35. The highest BCUT2D eigenvalue weighted by Crippen LogP contribution is 2.29. The van der Waals surface area contributed by atoms with Crippen LogP contribution >= 0.6 is 0 Å². The lowest BCUT2D eigenvalue weighted by Gasteiger charge is -2.10. The minimum atomic E-state index is 0.511. The lowest BCUT2D eigenvalue weighted by molar-refractivity contribution is 0.0576. The molecule has 0 bridgehead atoms. The Morgan fingerprint density at radius 1 is 1.38 bits per heavy atom. The molecular formula is C11H21NO. The predicted molar refractivity (Wildman–Crippen MR) is 53.8 cm³/mol. The summed E-state index contributed by atoms with van der Waals surface area (Å²) < 4.78 is 5.84. The number of nitrogens with one attached hydrogen (secondary N) is 1. The van der Waals surface area contributed by atoms with E-state index in [-0.39, 0.29) is 0 Å². The molecule has 2 aliphatic rings. The van der Waals surface area contributed by atoms with Gasteiger partial charge in [0, 0.05) is 19.2 Å².